The van der Waals surface area contributed by atoms with Crippen LogP contribution in [0.5, 0.6) is 0 Å². The van der Waals surface area contributed by atoms with Crippen molar-refractivity contribution in [2.75, 3.05) is 0 Å². The molecule has 1 nitrogen and oxygen atoms in total. The number of hydrogen-bond donors (Lipinski definition) is 1. The minimum atomic E-state index is -0.239. The summed E-state index contributed by atoms with van der Waals surface area (Å²) in [5, 5.41) is 9.17. The van der Waals surface area contributed by atoms with Gasteiger partial charge in [-0.3, -0.25) is 0 Å². The first-order chi connectivity index (χ1) is 5.72. The van der Waals surface area contributed by atoms with Gasteiger partial charge >= 0.3 is 0 Å². The number of aliphatic hydroxyl groups is 1. The van der Waals surface area contributed by atoms with Crippen molar-refractivity contribution in [3.63, 3.8) is 0 Å². The van der Waals surface area contributed by atoms with E-state index >= 15 is 0 Å². The highest BCUT2D eigenvalue weighted by atomic mass is 16.3. The first-order valence-electron chi connectivity index (χ1n) is 4.48. The lowest BCUT2D eigenvalue weighted by Gasteiger charge is -2.05. The fraction of sp³-hybridized carbons (Fsp3) is 0.455. The summed E-state index contributed by atoms with van der Waals surface area (Å²) in [6.07, 6.45) is 1.58. The van der Waals surface area contributed by atoms with Gasteiger partial charge in [-0.2, -0.15) is 0 Å². The average molecular weight is 164 g/mol. The Morgan fingerprint density at radius 3 is 2.58 bits per heavy atom. The molecule has 1 aromatic carbocycles. The molecule has 0 aliphatic carbocycles. The molecule has 0 heterocycles. The zero-order chi connectivity index (χ0) is 8.97. The highest BCUT2D eigenvalue weighted by molar-refractivity contribution is 5.23. The second-order valence-corrected chi connectivity index (χ2v) is 3.23. The van der Waals surface area contributed by atoms with Crippen LogP contribution in [0.3, 0.4) is 0 Å². The van der Waals surface area contributed by atoms with E-state index in [0.717, 1.165) is 12.8 Å². The third-order valence-electron chi connectivity index (χ3n) is 1.93. The monoisotopic (exact) mass is 164 g/mol. The average Bonchev–Trinajstić information content (AvgIpc) is 2.03. The zero-order valence-electron chi connectivity index (χ0n) is 7.75. The molecule has 0 saturated carbocycles. The van der Waals surface area contributed by atoms with E-state index in [9.17, 15) is 0 Å². The molecule has 0 radical (unpaired) electrons. The largest absolute Gasteiger partial charge is 0.393 e. The number of benzene rings is 1. The van der Waals surface area contributed by atoms with E-state index in [4.69, 9.17) is 5.11 Å². The van der Waals surface area contributed by atoms with Gasteiger partial charge in [0.15, 0.2) is 0 Å². The van der Waals surface area contributed by atoms with Crippen LogP contribution in [-0.4, -0.2) is 11.2 Å². The van der Waals surface area contributed by atoms with Crippen LogP contribution >= 0.6 is 0 Å². The van der Waals surface area contributed by atoms with Gasteiger partial charge in [0.05, 0.1) is 6.10 Å². The smallest absolute Gasteiger partial charge is 0.0552 e. The fourth-order valence-electron chi connectivity index (χ4n) is 1.32. The third-order valence-corrected chi connectivity index (χ3v) is 1.93. The van der Waals surface area contributed by atoms with E-state index in [1.165, 1.54) is 11.1 Å². The highest BCUT2D eigenvalue weighted by Crippen LogP contribution is 2.07. The third kappa shape index (κ3) is 2.67. The molecule has 0 unspecified atom stereocenters. The van der Waals surface area contributed by atoms with Gasteiger partial charge in [-0.1, -0.05) is 31.2 Å². The standard InChI is InChI=1S/C11H16O/c1-3-10-5-4-6-11(8-10)7-9(2)12/h4-6,8-9,12H,3,7H2,1-2H3/t9-/m1/s1. The molecule has 0 aliphatic rings. The van der Waals surface area contributed by atoms with Gasteiger partial charge in [-0.25, -0.2) is 0 Å². The van der Waals surface area contributed by atoms with Gasteiger partial charge in [0, 0.05) is 0 Å². The van der Waals surface area contributed by atoms with Gasteiger partial charge in [-0.05, 0) is 30.9 Å². The second kappa shape index (κ2) is 4.27. The van der Waals surface area contributed by atoms with Crippen LogP contribution < -0.4 is 0 Å². The molecule has 1 rings (SSSR count). The van der Waals surface area contributed by atoms with Crippen LogP contribution in [0.1, 0.15) is 25.0 Å². The first-order valence-corrected chi connectivity index (χ1v) is 4.48. The van der Waals surface area contributed by atoms with Gasteiger partial charge in [0.25, 0.3) is 0 Å². The van der Waals surface area contributed by atoms with Crippen molar-refractivity contribution in [2.24, 2.45) is 0 Å². The summed E-state index contributed by atoms with van der Waals surface area (Å²) in [6.45, 7) is 3.96. The van der Waals surface area contributed by atoms with Gasteiger partial charge < -0.3 is 5.11 Å². The van der Waals surface area contributed by atoms with E-state index in [2.05, 4.69) is 31.2 Å². The van der Waals surface area contributed by atoms with Crippen LogP contribution in [0.2, 0.25) is 0 Å². The van der Waals surface area contributed by atoms with Gasteiger partial charge in [-0.15, -0.1) is 0 Å². The predicted molar refractivity (Wildman–Crippen MR) is 51.2 cm³/mol. The van der Waals surface area contributed by atoms with E-state index in [1.54, 1.807) is 0 Å². The Labute approximate surface area is 74.1 Å². The van der Waals surface area contributed by atoms with Crippen LogP contribution in [0.15, 0.2) is 24.3 Å². The number of aryl methyl sites for hydroxylation is 1. The molecule has 12 heavy (non-hydrogen) atoms. The Morgan fingerprint density at radius 1 is 1.33 bits per heavy atom. The Bertz CT molecular complexity index is 241. The number of rotatable bonds is 3. The maximum atomic E-state index is 9.17. The summed E-state index contributed by atoms with van der Waals surface area (Å²) in [4.78, 5) is 0. The Morgan fingerprint density at radius 2 is 2.00 bits per heavy atom. The molecule has 1 N–H and O–H groups in total. The van der Waals surface area contributed by atoms with Crippen molar-refractivity contribution in [2.45, 2.75) is 32.8 Å². The van der Waals surface area contributed by atoms with Crippen LogP contribution in [0.4, 0.5) is 0 Å². The molecule has 0 bridgehead atoms. The first kappa shape index (κ1) is 9.27. The summed E-state index contributed by atoms with van der Waals surface area (Å²) in [6, 6.07) is 8.39. The van der Waals surface area contributed by atoms with Crippen molar-refractivity contribution in [3.8, 4) is 0 Å². The summed E-state index contributed by atoms with van der Waals surface area (Å²) in [5.41, 5.74) is 2.57. The maximum absolute atomic E-state index is 9.17. The molecule has 0 amide bonds. The summed E-state index contributed by atoms with van der Waals surface area (Å²) in [7, 11) is 0. The maximum Gasteiger partial charge on any atom is 0.0552 e. The summed E-state index contributed by atoms with van der Waals surface area (Å²) >= 11 is 0. The van der Waals surface area contributed by atoms with Crippen LogP contribution in [0, 0.1) is 0 Å². The minimum absolute atomic E-state index is 0.239. The van der Waals surface area contributed by atoms with E-state index in [-0.39, 0.29) is 6.10 Å². The highest BCUT2D eigenvalue weighted by Gasteiger charge is 1.98. The zero-order valence-corrected chi connectivity index (χ0v) is 7.75. The molecule has 0 aromatic heterocycles. The summed E-state index contributed by atoms with van der Waals surface area (Å²) < 4.78 is 0. The SMILES string of the molecule is CCc1cccc(C[C@@H](C)O)c1. The number of hydrogen-bond acceptors (Lipinski definition) is 1. The van der Waals surface area contributed by atoms with Crippen molar-refractivity contribution < 1.29 is 5.11 Å². The molecule has 1 atom stereocenters. The van der Waals surface area contributed by atoms with E-state index < -0.39 is 0 Å². The van der Waals surface area contributed by atoms with E-state index in [1.807, 2.05) is 6.92 Å². The summed E-state index contributed by atoms with van der Waals surface area (Å²) in [5.74, 6) is 0. The normalized spacial score (nSPS) is 12.9. The van der Waals surface area contributed by atoms with Crippen molar-refractivity contribution >= 4 is 0 Å². The Hall–Kier alpha value is -0.820. The van der Waals surface area contributed by atoms with Gasteiger partial charge in [0.1, 0.15) is 0 Å². The molecule has 0 aliphatic heterocycles. The molecule has 0 fully saturated rings. The second-order valence-electron chi connectivity index (χ2n) is 3.23. The molecule has 66 valence electrons. The van der Waals surface area contributed by atoms with Crippen molar-refractivity contribution in [1.82, 2.24) is 0 Å². The Balaban J connectivity index is 2.72. The minimum Gasteiger partial charge on any atom is -0.393 e. The topological polar surface area (TPSA) is 20.2 Å². The quantitative estimate of drug-likeness (QED) is 0.726. The lowest BCUT2D eigenvalue weighted by Crippen LogP contribution is -2.04. The molecule has 0 spiro atoms. The lowest BCUT2D eigenvalue weighted by molar-refractivity contribution is 0.195. The van der Waals surface area contributed by atoms with Crippen molar-refractivity contribution in [1.29, 1.82) is 0 Å². The molecule has 1 aromatic rings. The van der Waals surface area contributed by atoms with Crippen LogP contribution in [-0.2, 0) is 12.8 Å². The van der Waals surface area contributed by atoms with Crippen molar-refractivity contribution in [3.05, 3.63) is 35.4 Å². The molecule has 1 heteroatoms. The van der Waals surface area contributed by atoms with Gasteiger partial charge in [0.2, 0.25) is 0 Å². The lowest BCUT2D eigenvalue weighted by atomic mass is 10.0. The molecular weight excluding hydrogens is 148 g/mol. The number of aliphatic hydroxyl groups excluding tert-OH is 1. The molecule has 0 saturated heterocycles. The van der Waals surface area contributed by atoms with E-state index in [0.29, 0.717) is 0 Å². The Kier molecular flexibility index (Phi) is 3.30. The molecular formula is C11H16O. The predicted octanol–water partition coefficient (Wildman–Crippen LogP) is 2.17. The fourth-order valence-corrected chi connectivity index (χ4v) is 1.32. The van der Waals surface area contributed by atoms with Crippen LogP contribution in [0.25, 0.3) is 0 Å².